The van der Waals surface area contributed by atoms with Gasteiger partial charge in [0.15, 0.2) is 5.65 Å². The summed E-state index contributed by atoms with van der Waals surface area (Å²) in [6, 6.07) is 15.6. The van der Waals surface area contributed by atoms with E-state index in [0.717, 1.165) is 34.0 Å². The quantitative estimate of drug-likeness (QED) is 0.548. The highest BCUT2D eigenvalue weighted by Crippen LogP contribution is 2.28. The molecule has 0 atom stereocenters. The van der Waals surface area contributed by atoms with Crippen LogP contribution in [0.25, 0.3) is 16.8 Å². The van der Waals surface area contributed by atoms with Crippen LogP contribution in [0.5, 0.6) is 0 Å². The summed E-state index contributed by atoms with van der Waals surface area (Å²) >= 11 is 5.97. The molecule has 124 valence electrons. The van der Waals surface area contributed by atoms with Gasteiger partial charge in [-0.15, -0.1) is 0 Å². The summed E-state index contributed by atoms with van der Waals surface area (Å²) in [4.78, 5) is 4.62. The third kappa shape index (κ3) is 3.06. The number of hydrogen-bond donors (Lipinski definition) is 1. The molecule has 0 amide bonds. The second-order valence-corrected chi connectivity index (χ2v) is 6.15. The Morgan fingerprint density at radius 2 is 1.76 bits per heavy atom. The molecule has 0 bridgehead atoms. The Morgan fingerprint density at radius 3 is 2.48 bits per heavy atom. The lowest BCUT2D eigenvalue weighted by Gasteiger charge is -2.10. The molecular formula is C19H14ClFN4. The Bertz CT molecular complexity index is 1040. The number of aryl methyl sites for hydroxylation is 1. The van der Waals surface area contributed by atoms with Crippen LogP contribution in [0.2, 0.25) is 5.02 Å². The van der Waals surface area contributed by atoms with Gasteiger partial charge in [0.1, 0.15) is 11.6 Å². The van der Waals surface area contributed by atoms with Crippen LogP contribution < -0.4 is 5.32 Å². The summed E-state index contributed by atoms with van der Waals surface area (Å²) in [5.74, 6) is 0.486. The molecule has 1 N–H and O–H groups in total. The Hall–Kier alpha value is -2.92. The normalized spacial score (nSPS) is 11.0. The van der Waals surface area contributed by atoms with Gasteiger partial charge in [0, 0.05) is 28.0 Å². The number of rotatable bonds is 3. The van der Waals surface area contributed by atoms with Gasteiger partial charge < -0.3 is 5.32 Å². The summed E-state index contributed by atoms with van der Waals surface area (Å²) in [7, 11) is 0. The molecule has 0 aliphatic rings. The van der Waals surface area contributed by atoms with Gasteiger partial charge in [0.05, 0.1) is 6.20 Å². The molecule has 4 nitrogen and oxygen atoms in total. The highest BCUT2D eigenvalue weighted by molar-refractivity contribution is 6.30. The van der Waals surface area contributed by atoms with Crippen molar-refractivity contribution < 1.29 is 4.39 Å². The largest absolute Gasteiger partial charge is 0.340 e. The molecule has 0 saturated carbocycles. The van der Waals surface area contributed by atoms with Gasteiger partial charge in [-0.3, -0.25) is 0 Å². The van der Waals surface area contributed by atoms with E-state index in [-0.39, 0.29) is 5.82 Å². The maximum absolute atomic E-state index is 13.1. The van der Waals surface area contributed by atoms with E-state index in [4.69, 9.17) is 11.6 Å². The van der Waals surface area contributed by atoms with Crippen molar-refractivity contribution in [3.63, 3.8) is 0 Å². The molecule has 0 spiro atoms. The first-order valence-corrected chi connectivity index (χ1v) is 8.12. The predicted octanol–water partition coefficient (Wildman–Crippen LogP) is 5.24. The van der Waals surface area contributed by atoms with Crippen molar-refractivity contribution in [2.45, 2.75) is 6.92 Å². The number of anilines is 2. The van der Waals surface area contributed by atoms with Crippen LogP contribution in [-0.4, -0.2) is 14.6 Å². The molecule has 2 heterocycles. The van der Waals surface area contributed by atoms with Crippen LogP contribution in [0.1, 0.15) is 5.69 Å². The van der Waals surface area contributed by atoms with Gasteiger partial charge in [-0.2, -0.15) is 9.61 Å². The van der Waals surface area contributed by atoms with Crippen molar-refractivity contribution in [1.29, 1.82) is 0 Å². The molecule has 0 aliphatic heterocycles. The van der Waals surface area contributed by atoms with E-state index >= 15 is 0 Å². The highest BCUT2D eigenvalue weighted by Gasteiger charge is 2.12. The zero-order valence-corrected chi connectivity index (χ0v) is 14.1. The molecule has 4 rings (SSSR count). The molecule has 0 fully saturated rings. The maximum atomic E-state index is 13.1. The van der Waals surface area contributed by atoms with Crippen molar-refractivity contribution in [3.8, 4) is 11.1 Å². The molecule has 0 unspecified atom stereocenters. The smallest absolute Gasteiger partial charge is 0.165 e. The van der Waals surface area contributed by atoms with Crippen molar-refractivity contribution in [3.05, 3.63) is 77.3 Å². The summed E-state index contributed by atoms with van der Waals surface area (Å²) in [5.41, 5.74) is 4.28. The number of nitrogens with one attached hydrogen (secondary N) is 1. The van der Waals surface area contributed by atoms with Gasteiger partial charge in [0.2, 0.25) is 0 Å². The van der Waals surface area contributed by atoms with Crippen LogP contribution in [0.15, 0.2) is 60.8 Å². The minimum absolute atomic E-state index is 0.272. The number of aromatic nitrogens is 3. The third-order valence-corrected chi connectivity index (χ3v) is 4.12. The van der Waals surface area contributed by atoms with Crippen molar-refractivity contribution in [2.24, 2.45) is 0 Å². The minimum atomic E-state index is -0.272. The zero-order valence-electron chi connectivity index (χ0n) is 13.4. The fraction of sp³-hybridized carbons (Fsp3) is 0.0526. The van der Waals surface area contributed by atoms with Crippen LogP contribution in [0.4, 0.5) is 15.9 Å². The van der Waals surface area contributed by atoms with E-state index in [2.05, 4.69) is 15.4 Å². The van der Waals surface area contributed by atoms with Crippen molar-refractivity contribution in [1.82, 2.24) is 14.6 Å². The zero-order chi connectivity index (χ0) is 17.4. The summed E-state index contributed by atoms with van der Waals surface area (Å²) in [5, 5.41) is 8.40. The average Bonchev–Trinajstić information content (AvgIpc) is 3.01. The Morgan fingerprint density at radius 1 is 1.04 bits per heavy atom. The van der Waals surface area contributed by atoms with Gasteiger partial charge in [-0.25, -0.2) is 9.37 Å². The number of benzene rings is 2. The lowest BCUT2D eigenvalue weighted by atomic mass is 10.1. The minimum Gasteiger partial charge on any atom is -0.340 e. The van der Waals surface area contributed by atoms with E-state index in [0.29, 0.717) is 5.02 Å². The molecule has 25 heavy (non-hydrogen) atoms. The Balaban J connectivity index is 1.81. The van der Waals surface area contributed by atoms with Crippen molar-refractivity contribution >= 4 is 28.8 Å². The lowest BCUT2D eigenvalue weighted by Crippen LogP contribution is -2.02. The molecular weight excluding hydrogens is 339 g/mol. The first-order chi connectivity index (χ1) is 12.1. The van der Waals surface area contributed by atoms with E-state index in [1.165, 1.54) is 12.1 Å². The summed E-state index contributed by atoms with van der Waals surface area (Å²) in [6.45, 7) is 1.93. The maximum Gasteiger partial charge on any atom is 0.165 e. The van der Waals surface area contributed by atoms with Crippen LogP contribution >= 0.6 is 11.6 Å². The first kappa shape index (κ1) is 15.6. The second kappa shape index (κ2) is 6.18. The molecule has 2 aromatic heterocycles. The Kier molecular flexibility index (Phi) is 3.86. The van der Waals surface area contributed by atoms with Crippen LogP contribution in [0, 0.1) is 12.7 Å². The van der Waals surface area contributed by atoms with E-state index in [1.807, 2.05) is 37.3 Å². The van der Waals surface area contributed by atoms with Gasteiger partial charge in [-0.05, 0) is 48.9 Å². The van der Waals surface area contributed by atoms with Crippen molar-refractivity contribution in [2.75, 3.05) is 5.32 Å². The average molecular weight is 353 g/mol. The molecule has 0 saturated heterocycles. The second-order valence-electron chi connectivity index (χ2n) is 5.72. The topological polar surface area (TPSA) is 42.2 Å². The number of nitrogens with zero attached hydrogens (tertiary/aromatic N) is 3. The summed E-state index contributed by atoms with van der Waals surface area (Å²) in [6.07, 6.45) is 1.78. The lowest BCUT2D eigenvalue weighted by molar-refractivity contribution is 0.628. The monoisotopic (exact) mass is 352 g/mol. The number of fused-ring (bicyclic) bond motifs is 1. The van der Waals surface area contributed by atoms with Gasteiger partial charge in [-0.1, -0.05) is 23.7 Å². The van der Waals surface area contributed by atoms with Gasteiger partial charge >= 0.3 is 0 Å². The summed E-state index contributed by atoms with van der Waals surface area (Å²) < 4.78 is 14.8. The van der Waals surface area contributed by atoms with E-state index in [1.54, 1.807) is 22.8 Å². The van der Waals surface area contributed by atoms with Crippen LogP contribution in [-0.2, 0) is 0 Å². The Labute approximate surface area is 148 Å². The first-order valence-electron chi connectivity index (χ1n) is 7.74. The SMILES string of the molecule is Cc1cc(Nc2ccc(F)cc2)n2ncc(-c3ccc(Cl)cc3)c2n1. The van der Waals surface area contributed by atoms with Gasteiger partial charge in [0.25, 0.3) is 0 Å². The van der Waals surface area contributed by atoms with E-state index in [9.17, 15) is 4.39 Å². The molecule has 6 heteroatoms. The molecule has 2 aromatic carbocycles. The number of halogens is 2. The highest BCUT2D eigenvalue weighted by atomic mass is 35.5. The van der Waals surface area contributed by atoms with Crippen LogP contribution in [0.3, 0.4) is 0 Å². The van der Waals surface area contributed by atoms with E-state index < -0.39 is 0 Å². The predicted molar refractivity (Wildman–Crippen MR) is 97.9 cm³/mol. The fourth-order valence-corrected chi connectivity index (χ4v) is 2.81. The fourth-order valence-electron chi connectivity index (χ4n) is 2.69. The molecule has 4 aromatic rings. The number of hydrogen-bond acceptors (Lipinski definition) is 3. The molecule has 0 radical (unpaired) electrons. The third-order valence-electron chi connectivity index (χ3n) is 3.87. The molecule has 0 aliphatic carbocycles. The standard InChI is InChI=1S/C19H14ClFN4/c1-12-10-18(24-16-8-6-15(21)7-9-16)25-19(23-12)17(11-22-25)13-2-4-14(20)5-3-13/h2-11,24H,1H3.